The fourth-order valence-electron chi connectivity index (χ4n) is 4.24. The lowest BCUT2D eigenvalue weighted by molar-refractivity contribution is 1.25. The molecule has 0 aromatic heterocycles. The van der Waals surface area contributed by atoms with E-state index >= 15 is 0 Å². The van der Waals surface area contributed by atoms with Crippen molar-refractivity contribution < 1.29 is 0 Å². The van der Waals surface area contributed by atoms with Crippen LogP contribution in [-0.4, -0.2) is 11.4 Å². The quantitative estimate of drug-likeness (QED) is 0.175. The highest BCUT2D eigenvalue weighted by atomic mass is 79.9. The number of fused-ring (bicyclic) bond motifs is 3. The largest absolute Gasteiger partial charge is 0.278 e. The second kappa shape index (κ2) is 9.88. The number of nitrogens with one attached hydrogen (secondary N) is 2. The average Bonchev–Trinajstić information content (AvgIpc) is 3.24. The molecule has 0 radical (unpaired) electrons. The summed E-state index contributed by atoms with van der Waals surface area (Å²) in [4.78, 5) is 0. The van der Waals surface area contributed by atoms with Crippen LogP contribution >= 0.6 is 15.9 Å². The van der Waals surface area contributed by atoms with E-state index in [1.807, 2.05) is 50.2 Å². The molecule has 0 unspecified atom stereocenters. The van der Waals surface area contributed by atoms with E-state index in [4.69, 9.17) is 0 Å². The molecule has 1 aliphatic carbocycles. The van der Waals surface area contributed by atoms with Gasteiger partial charge in [0, 0.05) is 4.47 Å². The van der Waals surface area contributed by atoms with Crippen LogP contribution < -0.4 is 10.9 Å². The molecule has 0 saturated heterocycles. The van der Waals surface area contributed by atoms with Crippen molar-refractivity contribution in [1.29, 1.82) is 0 Å². The first kappa shape index (κ1) is 23.1. The van der Waals surface area contributed by atoms with E-state index < -0.39 is 0 Å². The maximum Gasteiger partial charge on any atom is 0.0648 e. The molecule has 0 bridgehead atoms. The Bertz CT molecular complexity index is 1320. The predicted molar refractivity (Wildman–Crippen MR) is 152 cm³/mol. The molecule has 4 aromatic rings. The number of hydrogen-bond acceptors (Lipinski definition) is 4. The first-order valence-electron chi connectivity index (χ1n) is 11.7. The second-order valence-corrected chi connectivity index (χ2v) is 9.83. The number of halogens is 1. The predicted octanol–water partition coefficient (Wildman–Crippen LogP) is 8.00. The van der Waals surface area contributed by atoms with Gasteiger partial charge < -0.3 is 0 Å². The molecular formula is C30H27BrN4. The normalized spacial score (nSPS) is 12.8. The van der Waals surface area contributed by atoms with Crippen molar-refractivity contribution in [2.45, 2.75) is 27.2 Å². The van der Waals surface area contributed by atoms with Crippen molar-refractivity contribution in [2.24, 2.45) is 10.2 Å². The molecule has 1 aliphatic rings. The smallest absolute Gasteiger partial charge is 0.0648 e. The zero-order valence-electron chi connectivity index (χ0n) is 20.1. The molecular weight excluding hydrogens is 496 g/mol. The lowest BCUT2D eigenvalue weighted by Gasteiger charge is -2.07. The number of nitrogens with zero attached hydrogens (tertiary/aromatic N) is 2. The Kier molecular flexibility index (Phi) is 6.51. The topological polar surface area (TPSA) is 48.8 Å². The van der Waals surface area contributed by atoms with Crippen molar-refractivity contribution in [2.75, 3.05) is 10.9 Å². The van der Waals surface area contributed by atoms with Gasteiger partial charge in [-0.3, -0.25) is 10.9 Å². The number of rotatable bonds is 6. The first-order chi connectivity index (χ1) is 17.0. The zero-order valence-corrected chi connectivity index (χ0v) is 21.6. The summed E-state index contributed by atoms with van der Waals surface area (Å²) in [5, 5.41) is 9.18. The Labute approximate surface area is 214 Å². The van der Waals surface area contributed by atoms with E-state index in [0.29, 0.717) is 0 Å². The lowest BCUT2D eigenvalue weighted by atomic mass is 10.0. The molecule has 0 saturated carbocycles. The minimum Gasteiger partial charge on any atom is -0.278 e. The third-order valence-electron chi connectivity index (χ3n) is 6.32. The minimum absolute atomic E-state index is 0.915. The van der Waals surface area contributed by atoms with Crippen molar-refractivity contribution in [1.82, 2.24) is 0 Å². The zero-order chi connectivity index (χ0) is 24.4. The summed E-state index contributed by atoms with van der Waals surface area (Å²) < 4.78 is 1.05. The Hall–Kier alpha value is -3.70. The fraction of sp³-hybridized carbons (Fsp3) is 0.133. The Morgan fingerprint density at radius 2 is 1.11 bits per heavy atom. The molecule has 35 heavy (non-hydrogen) atoms. The SMILES string of the molecule is C/C(=N\Nc1ccc(C)cc1)c1ccc2c(c1)Cc1cc(/C(C)=N/Nc3ccc(Br)cc3)ccc1-2. The molecule has 174 valence electrons. The van der Waals surface area contributed by atoms with Gasteiger partial charge in [0.2, 0.25) is 0 Å². The third kappa shape index (κ3) is 5.20. The summed E-state index contributed by atoms with van der Waals surface area (Å²) >= 11 is 3.46. The first-order valence-corrected chi connectivity index (χ1v) is 12.5. The standard InChI is InChI=1S/C30H27BrN4/c1-19-4-10-27(11-5-19)34-32-20(2)22-6-14-29-24(16-22)18-25-17-23(7-15-30(25)29)21(3)33-35-28-12-8-26(31)9-13-28/h4-17,34-35H,18H2,1-3H3/b32-20+,33-21+. The number of anilines is 2. The molecule has 5 heteroatoms. The van der Waals surface area contributed by atoms with E-state index in [9.17, 15) is 0 Å². The molecule has 4 aromatic carbocycles. The molecule has 5 rings (SSSR count). The Balaban J connectivity index is 1.31. The van der Waals surface area contributed by atoms with E-state index in [1.165, 1.54) is 27.8 Å². The van der Waals surface area contributed by atoms with Crippen LogP contribution in [0.4, 0.5) is 11.4 Å². The molecule has 0 fully saturated rings. The van der Waals surface area contributed by atoms with Crippen LogP contribution in [0.15, 0.2) is 99.6 Å². The van der Waals surface area contributed by atoms with Crippen molar-refractivity contribution in [3.63, 3.8) is 0 Å². The van der Waals surface area contributed by atoms with Crippen molar-refractivity contribution in [3.05, 3.63) is 117 Å². The van der Waals surface area contributed by atoms with Gasteiger partial charge in [0.15, 0.2) is 0 Å². The molecule has 0 spiro atoms. The van der Waals surface area contributed by atoms with E-state index in [1.54, 1.807) is 0 Å². The van der Waals surface area contributed by atoms with Gasteiger partial charge in [-0.1, -0.05) is 57.9 Å². The Morgan fingerprint density at radius 3 is 1.60 bits per heavy atom. The number of benzene rings is 4. The third-order valence-corrected chi connectivity index (χ3v) is 6.85. The van der Waals surface area contributed by atoms with Gasteiger partial charge in [0.1, 0.15) is 0 Å². The van der Waals surface area contributed by atoms with Crippen LogP contribution in [-0.2, 0) is 6.42 Å². The highest BCUT2D eigenvalue weighted by Crippen LogP contribution is 2.37. The maximum absolute atomic E-state index is 4.60. The summed E-state index contributed by atoms with van der Waals surface area (Å²) in [5.41, 5.74) is 19.0. The summed E-state index contributed by atoms with van der Waals surface area (Å²) in [6.45, 7) is 6.16. The van der Waals surface area contributed by atoms with E-state index in [0.717, 1.165) is 44.8 Å². The van der Waals surface area contributed by atoms with Crippen LogP contribution in [0.2, 0.25) is 0 Å². The fourth-order valence-corrected chi connectivity index (χ4v) is 4.50. The van der Waals surface area contributed by atoms with Gasteiger partial charge in [-0.2, -0.15) is 10.2 Å². The maximum atomic E-state index is 4.60. The monoisotopic (exact) mass is 522 g/mol. The van der Waals surface area contributed by atoms with Crippen LogP contribution in [0, 0.1) is 6.92 Å². The average molecular weight is 523 g/mol. The van der Waals surface area contributed by atoms with Gasteiger partial charge in [0.25, 0.3) is 0 Å². The second-order valence-electron chi connectivity index (χ2n) is 8.91. The highest BCUT2D eigenvalue weighted by Gasteiger charge is 2.20. The molecule has 0 atom stereocenters. The molecule has 0 aliphatic heterocycles. The van der Waals surface area contributed by atoms with E-state index in [2.05, 4.69) is 92.4 Å². The molecule has 0 amide bonds. The lowest BCUT2D eigenvalue weighted by Crippen LogP contribution is -2.00. The molecule has 2 N–H and O–H groups in total. The minimum atomic E-state index is 0.915. The summed E-state index contributed by atoms with van der Waals surface area (Å²) in [6.07, 6.45) is 0.915. The van der Waals surface area contributed by atoms with Gasteiger partial charge in [-0.05, 0) is 109 Å². The van der Waals surface area contributed by atoms with Crippen LogP contribution in [0.1, 0.15) is 41.7 Å². The van der Waals surface area contributed by atoms with Gasteiger partial charge >= 0.3 is 0 Å². The number of hydrazone groups is 2. The van der Waals surface area contributed by atoms with Gasteiger partial charge in [-0.25, -0.2) is 0 Å². The number of aryl methyl sites for hydroxylation is 1. The Morgan fingerprint density at radius 1 is 0.657 bits per heavy atom. The summed E-state index contributed by atoms with van der Waals surface area (Å²) in [5.74, 6) is 0. The van der Waals surface area contributed by atoms with Gasteiger partial charge in [-0.15, -0.1) is 0 Å². The summed E-state index contributed by atoms with van der Waals surface area (Å²) in [7, 11) is 0. The van der Waals surface area contributed by atoms with Crippen molar-refractivity contribution in [3.8, 4) is 11.1 Å². The molecule has 0 heterocycles. The van der Waals surface area contributed by atoms with Crippen LogP contribution in [0.3, 0.4) is 0 Å². The van der Waals surface area contributed by atoms with Crippen LogP contribution in [0.25, 0.3) is 11.1 Å². The van der Waals surface area contributed by atoms with Crippen molar-refractivity contribution >= 4 is 38.7 Å². The van der Waals surface area contributed by atoms with E-state index in [-0.39, 0.29) is 0 Å². The molecule has 4 nitrogen and oxygen atoms in total. The van der Waals surface area contributed by atoms with Crippen LogP contribution in [0.5, 0.6) is 0 Å². The summed E-state index contributed by atoms with van der Waals surface area (Å²) in [6, 6.07) is 29.5. The van der Waals surface area contributed by atoms with Gasteiger partial charge in [0.05, 0.1) is 22.8 Å². The number of hydrogen-bond donors (Lipinski definition) is 2. The highest BCUT2D eigenvalue weighted by molar-refractivity contribution is 9.10.